The summed E-state index contributed by atoms with van der Waals surface area (Å²) in [5.74, 6) is -0.640. The van der Waals surface area contributed by atoms with Crippen LogP contribution >= 0.6 is 0 Å². The van der Waals surface area contributed by atoms with E-state index in [0.29, 0.717) is 13.2 Å². The smallest absolute Gasteiger partial charge is 0.290 e. The van der Waals surface area contributed by atoms with Gasteiger partial charge in [0.15, 0.2) is 11.5 Å². The van der Waals surface area contributed by atoms with Crippen molar-refractivity contribution in [2.24, 2.45) is 5.92 Å². The molecule has 1 heterocycles. The highest BCUT2D eigenvalue weighted by molar-refractivity contribution is 6.09. The molecule has 5 heteroatoms. The van der Waals surface area contributed by atoms with Gasteiger partial charge in [-0.2, -0.15) is 0 Å². The molecule has 1 aromatic carbocycles. The molecular formula is C19H25NO4. The van der Waals surface area contributed by atoms with E-state index in [0.717, 1.165) is 17.7 Å². The summed E-state index contributed by atoms with van der Waals surface area (Å²) in [4.78, 5) is 26.6. The first kappa shape index (κ1) is 18.0. The summed E-state index contributed by atoms with van der Waals surface area (Å²) in [6.07, 6.45) is 0.746. The molecule has 0 spiro atoms. The average molecular weight is 331 g/mol. The highest BCUT2D eigenvalue weighted by Crippen LogP contribution is 2.39. The zero-order chi connectivity index (χ0) is 17.9. The van der Waals surface area contributed by atoms with E-state index in [2.05, 4.69) is 0 Å². The molecule has 24 heavy (non-hydrogen) atoms. The summed E-state index contributed by atoms with van der Waals surface area (Å²) in [7, 11) is 0. The highest BCUT2D eigenvalue weighted by Gasteiger charge is 2.43. The lowest BCUT2D eigenvalue weighted by Gasteiger charge is -2.27. The van der Waals surface area contributed by atoms with Crippen LogP contribution in [0.25, 0.3) is 0 Å². The number of carbonyl (C=O) groups excluding carboxylic acids is 2. The number of aliphatic hydroxyl groups is 1. The van der Waals surface area contributed by atoms with Crippen LogP contribution in [0.5, 0.6) is 5.75 Å². The summed E-state index contributed by atoms with van der Waals surface area (Å²) in [5.41, 5.74) is 1.00. The van der Waals surface area contributed by atoms with Gasteiger partial charge in [-0.3, -0.25) is 9.59 Å². The first-order valence-electron chi connectivity index (χ1n) is 8.43. The zero-order valence-corrected chi connectivity index (χ0v) is 14.7. The third-order valence-electron chi connectivity index (χ3n) is 4.06. The number of aliphatic hydroxyl groups excluding tert-OH is 1. The van der Waals surface area contributed by atoms with Gasteiger partial charge in [0.1, 0.15) is 5.75 Å². The largest absolute Gasteiger partial charge is 0.503 e. The van der Waals surface area contributed by atoms with E-state index in [9.17, 15) is 14.7 Å². The monoisotopic (exact) mass is 331 g/mol. The van der Waals surface area contributed by atoms with Crippen LogP contribution in [0.1, 0.15) is 45.7 Å². The van der Waals surface area contributed by atoms with Gasteiger partial charge < -0.3 is 14.7 Å². The van der Waals surface area contributed by atoms with Crippen molar-refractivity contribution in [2.75, 3.05) is 13.2 Å². The minimum Gasteiger partial charge on any atom is -0.503 e. The van der Waals surface area contributed by atoms with E-state index in [1.54, 1.807) is 18.7 Å². The molecule has 2 rings (SSSR count). The number of nitrogens with zero attached hydrogens (tertiary/aromatic N) is 1. The summed E-state index contributed by atoms with van der Waals surface area (Å²) in [6, 6.07) is 6.79. The first-order valence-corrected chi connectivity index (χ1v) is 8.43. The fourth-order valence-electron chi connectivity index (χ4n) is 2.95. The van der Waals surface area contributed by atoms with E-state index in [-0.39, 0.29) is 17.3 Å². The number of rotatable bonds is 7. The maximum Gasteiger partial charge on any atom is 0.290 e. The summed E-state index contributed by atoms with van der Waals surface area (Å²) < 4.78 is 5.44. The maximum absolute atomic E-state index is 12.6. The number of Topliss-reactive ketones (excluding diaryl/α,β-unsaturated/α-hetero) is 1. The lowest BCUT2D eigenvalue weighted by molar-refractivity contribution is -0.129. The summed E-state index contributed by atoms with van der Waals surface area (Å²) in [5, 5.41) is 10.3. The second-order valence-electron chi connectivity index (χ2n) is 6.18. The Bertz CT molecular complexity index is 646. The Morgan fingerprint density at radius 1 is 1.25 bits per heavy atom. The van der Waals surface area contributed by atoms with Crippen molar-refractivity contribution in [2.45, 2.75) is 40.2 Å². The molecule has 0 saturated carbocycles. The quantitative estimate of drug-likeness (QED) is 0.831. The van der Waals surface area contributed by atoms with Gasteiger partial charge in [0.05, 0.1) is 18.2 Å². The van der Waals surface area contributed by atoms with E-state index in [1.807, 2.05) is 38.1 Å². The molecule has 1 unspecified atom stereocenters. The molecule has 1 atom stereocenters. The lowest BCUT2D eigenvalue weighted by Crippen LogP contribution is -2.32. The van der Waals surface area contributed by atoms with Crippen LogP contribution in [0.4, 0.5) is 0 Å². The summed E-state index contributed by atoms with van der Waals surface area (Å²) in [6.45, 7) is 8.46. The Balaban J connectivity index is 2.47. The predicted molar refractivity (Wildman–Crippen MR) is 91.9 cm³/mol. The van der Waals surface area contributed by atoms with Crippen molar-refractivity contribution in [3.05, 3.63) is 41.2 Å². The van der Waals surface area contributed by atoms with E-state index < -0.39 is 17.7 Å². The summed E-state index contributed by atoms with van der Waals surface area (Å²) >= 11 is 0. The van der Waals surface area contributed by atoms with Gasteiger partial charge in [-0.05, 0) is 31.0 Å². The van der Waals surface area contributed by atoms with Crippen molar-refractivity contribution < 1.29 is 19.4 Å². The van der Waals surface area contributed by atoms with Crippen molar-refractivity contribution in [3.8, 4) is 5.75 Å². The molecule has 1 amide bonds. The van der Waals surface area contributed by atoms with Gasteiger partial charge in [0.2, 0.25) is 0 Å². The molecule has 0 saturated heterocycles. The Morgan fingerprint density at radius 3 is 2.38 bits per heavy atom. The Kier molecular flexibility index (Phi) is 5.65. The van der Waals surface area contributed by atoms with Crippen LogP contribution in [0.2, 0.25) is 0 Å². The topological polar surface area (TPSA) is 66.8 Å². The lowest BCUT2D eigenvalue weighted by atomic mass is 9.91. The molecule has 130 valence electrons. The van der Waals surface area contributed by atoms with Crippen LogP contribution < -0.4 is 4.74 Å². The number of hydrogen-bond donors (Lipinski definition) is 1. The molecule has 0 aromatic heterocycles. The number of carbonyl (C=O) groups is 2. The molecule has 1 aliphatic rings. The molecule has 0 radical (unpaired) electrons. The van der Waals surface area contributed by atoms with E-state index >= 15 is 0 Å². The normalized spacial score (nSPS) is 17.8. The third kappa shape index (κ3) is 3.30. The number of ketones is 1. The maximum atomic E-state index is 12.6. The molecule has 1 aliphatic heterocycles. The van der Waals surface area contributed by atoms with Crippen LogP contribution in [-0.4, -0.2) is 34.8 Å². The minimum absolute atomic E-state index is 0.196. The van der Waals surface area contributed by atoms with Crippen LogP contribution in [0.15, 0.2) is 35.6 Å². The van der Waals surface area contributed by atoms with Gasteiger partial charge in [0.25, 0.3) is 5.91 Å². The molecular weight excluding hydrogens is 306 g/mol. The predicted octanol–water partition coefficient (Wildman–Crippen LogP) is 3.42. The van der Waals surface area contributed by atoms with Crippen molar-refractivity contribution in [1.82, 2.24) is 4.90 Å². The van der Waals surface area contributed by atoms with Gasteiger partial charge >= 0.3 is 0 Å². The molecule has 0 fully saturated rings. The molecule has 1 N–H and O–H groups in total. The second-order valence-corrected chi connectivity index (χ2v) is 6.18. The second kappa shape index (κ2) is 7.51. The Hall–Kier alpha value is -2.30. The number of benzene rings is 1. The third-order valence-corrected chi connectivity index (χ3v) is 4.06. The Labute approximate surface area is 142 Å². The van der Waals surface area contributed by atoms with E-state index in [4.69, 9.17) is 4.74 Å². The molecule has 0 bridgehead atoms. The van der Waals surface area contributed by atoms with Gasteiger partial charge in [-0.1, -0.05) is 32.9 Å². The highest BCUT2D eigenvalue weighted by atomic mass is 16.5. The molecule has 0 aliphatic carbocycles. The van der Waals surface area contributed by atoms with Gasteiger partial charge in [-0.25, -0.2) is 0 Å². The van der Waals surface area contributed by atoms with Crippen molar-refractivity contribution in [3.63, 3.8) is 0 Å². The number of hydrogen-bond acceptors (Lipinski definition) is 4. The molecule has 1 aromatic rings. The van der Waals surface area contributed by atoms with Crippen LogP contribution in [0, 0.1) is 5.92 Å². The van der Waals surface area contributed by atoms with Crippen LogP contribution in [-0.2, 0) is 9.59 Å². The van der Waals surface area contributed by atoms with Gasteiger partial charge in [0, 0.05) is 12.5 Å². The van der Waals surface area contributed by atoms with Gasteiger partial charge in [-0.15, -0.1) is 0 Å². The SMILES string of the molecule is CCCN1C(=O)C(O)=C(C(=O)C(C)C)C1c1ccc(OCC)cc1. The number of amides is 1. The number of ether oxygens (including phenoxy) is 1. The van der Waals surface area contributed by atoms with Crippen LogP contribution in [0.3, 0.4) is 0 Å². The Morgan fingerprint density at radius 2 is 1.88 bits per heavy atom. The zero-order valence-electron chi connectivity index (χ0n) is 14.7. The minimum atomic E-state index is -0.539. The van der Waals surface area contributed by atoms with Crippen molar-refractivity contribution >= 4 is 11.7 Å². The molecule has 5 nitrogen and oxygen atoms in total. The standard InChI is InChI=1S/C19H25NO4/c1-5-11-20-16(13-7-9-14(10-8-13)24-6-2)15(17(21)12(3)4)18(22)19(20)23/h7-10,12,16,22H,5-6,11H2,1-4H3. The fraction of sp³-hybridized carbons (Fsp3) is 0.474. The average Bonchev–Trinajstić information content (AvgIpc) is 2.80. The van der Waals surface area contributed by atoms with Crippen molar-refractivity contribution in [1.29, 1.82) is 0 Å². The fourth-order valence-corrected chi connectivity index (χ4v) is 2.95. The first-order chi connectivity index (χ1) is 11.4. The van der Waals surface area contributed by atoms with E-state index in [1.165, 1.54) is 0 Å².